The number of carboxylic acid groups (broad SMARTS) is 1. The molecule has 0 saturated heterocycles. The molecule has 1 atom stereocenters. The van der Waals surface area contributed by atoms with Crippen LogP contribution in [0.25, 0.3) is 0 Å². The van der Waals surface area contributed by atoms with Gasteiger partial charge < -0.3 is 9.90 Å². The maximum absolute atomic E-state index is 11.4. The van der Waals surface area contributed by atoms with Gasteiger partial charge in [0.25, 0.3) is 0 Å². The molecule has 1 unspecified atom stereocenters. The van der Waals surface area contributed by atoms with Crippen LogP contribution in [0.1, 0.15) is 25.7 Å². The van der Waals surface area contributed by atoms with Crippen LogP contribution in [-0.2, 0) is 9.59 Å². The number of aromatic nitrogens is 1. The number of carbonyl (C=O) groups excluding carboxylic acids is 2. The van der Waals surface area contributed by atoms with Gasteiger partial charge in [-0.2, -0.15) is 4.84 Å². The minimum Gasteiger partial charge on any atom is -0.550 e. The SMILES string of the molecule is O=C([O-])CC(Cl)CCCC(=O)O[n+]1ccccc1. The third kappa shape index (κ3) is 6.20. The van der Waals surface area contributed by atoms with Crippen LogP contribution in [-0.4, -0.2) is 17.3 Å². The topological polar surface area (TPSA) is 70.3 Å². The molecule has 1 heterocycles. The molecule has 1 aromatic rings. The van der Waals surface area contributed by atoms with Gasteiger partial charge in [-0.3, -0.25) is 0 Å². The first-order valence-corrected chi connectivity index (χ1v) is 6.03. The molecular formula is C12H14ClNO4. The van der Waals surface area contributed by atoms with Gasteiger partial charge >= 0.3 is 5.97 Å². The third-order valence-electron chi connectivity index (χ3n) is 2.18. The van der Waals surface area contributed by atoms with E-state index in [9.17, 15) is 14.7 Å². The normalized spacial score (nSPS) is 11.8. The molecule has 0 saturated carbocycles. The van der Waals surface area contributed by atoms with Gasteiger partial charge in [0.15, 0.2) is 0 Å². The number of alkyl halides is 1. The Balaban J connectivity index is 2.20. The number of aliphatic carboxylic acids is 1. The van der Waals surface area contributed by atoms with E-state index in [1.807, 2.05) is 6.07 Å². The Labute approximate surface area is 110 Å². The summed E-state index contributed by atoms with van der Waals surface area (Å²) < 4.78 is 1.31. The summed E-state index contributed by atoms with van der Waals surface area (Å²) in [5.41, 5.74) is 0. The number of hydrogen-bond acceptors (Lipinski definition) is 4. The molecule has 0 radical (unpaired) electrons. The second-order valence-electron chi connectivity index (χ2n) is 3.76. The number of hydrogen-bond donors (Lipinski definition) is 0. The minimum atomic E-state index is -1.18. The second kappa shape index (κ2) is 7.66. The van der Waals surface area contributed by atoms with Crippen LogP contribution in [0.2, 0.25) is 0 Å². The van der Waals surface area contributed by atoms with Gasteiger partial charge in [0.1, 0.15) is 0 Å². The zero-order valence-corrected chi connectivity index (χ0v) is 10.5. The van der Waals surface area contributed by atoms with Crippen molar-refractivity contribution in [3.8, 4) is 0 Å². The molecule has 6 heteroatoms. The van der Waals surface area contributed by atoms with Crippen LogP contribution < -0.4 is 14.7 Å². The third-order valence-corrected chi connectivity index (χ3v) is 2.55. The molecular weight excluding hydrogens is 258 g/mol. The molecule has 0 spiro atoms. The van der Waals surface area contributed by atoms with Crippen molar-refractivity contribution < 1.29 is 24.3 Å². The number of halogens is 1. The van der Waals surface area contributed by atoms with Crippen LogP contribution in [0.3, 0.4) is 0 Å². The Kier molecular flexibility index (Phi) is 6.14. The number of carbonyl (C=O) groups is 2. The van der Waals surface area contributed by atoms with Gasteiger partial charge in [0.2, 0.25) is 12.4 Å². The number of carboxylic acids is 1. The molecule has 0 aliphatic rings. The Bertz CT molecular complexity index is 396. The fourth-order valence-corrected chi connectivity index (χ4v) is 1.64. The molecule has 0 aromatic carbocycles. The van der Waals surface area contributed by atoms with E-state index >= 15 is 0 Å². The fourth-order valence-electron chi connectivity index (χ4n) is 1.36. The van der Waals surface area contributed by atoms with E-state index in [2.05, 4.69) is 0 Å². The van der Waals surface area contributed by atoms with Gasteiger partial charge in [0, 0.05) is 34.6 Å². The van der Waals surface area contributed by atoms with Crippen LogP contribution in [0, 0.1) is 0 Å². The molecule has 0 aliphatic heterocycles. The lowest BCUT2D eigenvalue weighted by molar-refractivity contribution is -0.869. The molecule has 0 aliphatic carbocycles. The van der Waals surface area contributed by atoms with Gasteiger partial charge in [-0.25, -0.2) is 4.79 Å². The molecule has 18 heavy (non-hydrogen) atoms. The Morgan fingerprint density at radius 3 is 2.56 bits per heavy atom. The van der Waals surface area contributed by atoms with E-state index in [-0.39, 0.29) is 18.8 Å². The predicted molar refractivity (Wildman–Crippen MR) is 61.3 cm³/mol. The highest BCUT2D eigenvalue weighted by molar-refractivity contribution is 6.21. The van der Waals surface area contributed by atoms with Crippen molar-refractivity contribution in [2.24, 2.45) is 0 Å². The van der Waals surface area contributed by atoms with Gasteiger partial charge in [-0.15, -0.1) is 11.6 Å². The molecule has 0 amide bonds. The van der Waals surface area contributed by atoms with Gasteiger partial charge in [-0.1, -0.05) is 6.07 Å². The maximum Gasteiger partial charge on any atom is 0.380 e. The van der Waals surface area contributed by atoms with E-state index in [1.54, 1.807) is 24.5 Å². The molecule has 0 bridgehead atoms. The lowest BCUT2D eigenvalue weighted by Crippen LogP contribution is -2.44. The van der Waals surface area contributed by atoms with Crippen molar-refractivity contribution in [2.75, 3.05) is 0 Å². The summed E-state index contributed by atoms with van der Waals surface area (Å²) >= 11 is 5.74. The highest BCUT2D eigenvalue weighted by atomic mass is 35.5. The van der Waals surface area contributed by atoms with Crippen molar-refractivity contribution in [3.05, 3.63) is 30.6 Å². The van der Waals surface area contributed by atoms with E-state index in [4.69, 9.17) is 16.4 Å². The average Bonchev–Trinajstić information content (AvgIpc) is 2.29. The first kappa shape index (κ1) is 14.4. The lowest BCUT2D eigenvalue weighted by atomic mass is 10.1. The standard InChI is InChI=1S/C12H14ClNO4/c13-10(9-11(15)16)5-4-6-12(17)18-14-7-2-1-3-8-14/h1-3,7-8,10H,4-6,9H2. The molecule has 5 nitrogen and oxygen atoms in total. The first-order chi connectivity index (χ1) is 8.58. The van der Waals surface area contributed by atoms with Crippen LogP contribution in [0.4, 0.5) is 0 Å². The minimum absolute atomic E-state index is 0.193. The van der Waals surface area contributed by atoms with E-state index in [0.29, 0.717) is 12.8 Å². The van der Waals surface area contributed by atoms with Crippen molar-refractivity contribution in [1.82, 2.24) is 0 Å². The summed E-state index contributed by atoms with van der Waals surface area (Å²) in [4.78, 5) is 26.6. The smallest absolute Gasteiger partial charge is 0.380 e. The van der Waals surface area contributed by atoms with Gasteiger partial charge in [-0.05, 0) is 12.8 Å². The predicted octanol–water partition coefficient (Wildman–Crippen LogP) is -0.153. The average molecular weight is 272 g/mol. The zero-order valence-electron chi connectivity index (χ0n) is 9.75. The van der Waals surface area contributed by atoms with Crippen molar-refractivity contribution in [3.63, 3.8) is 0 Å². The van der Waals surface area contributed by atoms with Crippen molar-refractivity contribution in [2.45, 2.75) is 31.1 Å². The molecule has 1 aromatic heterocycles. The molecule has 98 valence electrons. The monoisotopic (exact) mass is 271 g/mol. The number of nitrogens with zero attached hydrogens (tertiary/aromatic N) is 1. The number of rotatable bonds is 7. The van der Waals surface area contributed by atoms with E-state index in [1.165, 1.54) is 4.73 Å². The van der Waals surface area contributed by atoms with Crippen molar-refractivity contribution in [1.29, 1.82) is 0 Å². The summed E-state index contributed by atoms with van der Waals surface area (Å²) in [6.07, 6.45) is 4.12. The molecule has 0 fully saturated rings. The molecule has 1 rings (SSSR count). The summed E-state index contributed by atoms with van der Waals surface area (Å²) in [6.45, 7) is 0. The number of pyridine rings is 1. The second-order valence-corrected chi connectivity index (χ2v) is 4.38. The Morgan fingerprint density at radius 1 is 1.28 bits per heavy atom. The fraction of sp³-hybridized carbons (Fsp3) is 0.417. The van der Waals surface area contributed by atoms with Crippen LogP contribution in [0.5, 0.6) is 0 Å². The van der Waals surface area contributed by atoms with Crippen LogP contribution >= 0.6 is 11.6 Å². The Morgan fingerprint density at radius 2 is 1.94 bits per heavy atom. The summed E-state index contributed by atoms with van der Waals surface area (Å²) in [6, 6.07) is 5.28. The van der Waals surface area contributed by atoms with E-state index < -0.39 is 11.3 Å². The lowest BCUT2D eigenvalue weighted by Gasteiger charge is -2.08. The van der Waals surface area contributed by atoms with E-state index in [0.717, 1.165) is 0 Å². The summed E-state index contributed by atoms with van der Waals surface area (Å²) in [5, 5.41) is 9.75. The largest absolute Gasteiger partial charge is 0.550 e. The zero-order chi connectivity index (χ0) is 13.4. The molecule has 0 N–H and O–H groups in total. The van der Waals surface area contributed by atoms with Crippen molar-refractivity contribution >= 4 is 23.5 Å². The quantitative estimate of drug-likeness (QED) is 0.511. The highest BCUT2D eigenvalue weighted by Gasteiger charge is 2.12. The van der Waals surface area contributed by atoms with Gasteiger partial charge in [0.05, 0.1) is 6.42 Å². The Hall–Kier alpha value is -1.62. The highest BCUT2D eigenvalue weighted by Crippen LogP contribution is 2.10. The van der Waals surface area contributed by atoms with Crippen LogP contribution in [0.15, 0.2) is 30.6 Å². The summed E-state index contributed by atoms with van der Waals surface area (Å²) in [5.74, 6) is -1.57. The first-order valence-electron chi connectivity index (χ1n) is 5.59. The maximum atomic E-state index is 11.4. The summed E-state index contributed by atoms with van der Waals surface area (Å²) in [7, 11) is 0.